The minimum absolute atomic E-state index is 0.0393. The second-order valence-electron chi connectivity index (χ2n) is 6.93. The SMILES string of the molecule is Cc1ccc(S(=O)(=O)c2ccc(N3C(=O)c4ccc(C(O)O)cc4C3=O)cc2)cc1. The fourth-order valence-corrected chi connectivity index (χ4v) is 4.54. The Morgan fingerprint density at radius 1 is 0.767 bits per heavy atom. The number of hydrogen-bond acceptors (Lipinski definition) is 6. The Hall–Kier alpha value is -3.33. The molecule has 7 nitrogen and oxygen atoms in total. The van der Waals surface area contributed by atoms with Crippen LogP contribution < -0.4 is 4.90 Å². The van der Waals surface area contributed by atoms with Gasteiger partial charge in [-0.25, -0.2) is 13.3 Å². The quantitative estimate of drug-likeness (QED) is 0.493. The molecule has 30 heavy (non-hydrogen) atoms. The zero-order valence-electron chi connectivity index (χ0n) is 15.8. The van der Waals surface area contributed by atoms with E-state index in [1.807, 2.05) is 6.92 Å². The zero-order chi connectivity index (χ0) is 21.6. The van der Waals surface area contributed by atoms with Crippen LogP contribution in [0.15, 0.2) is 76.5 Å². The lowest BCUT2D eigenvalue weighted by atomic mass is 10.1. The standard InChI is InChI=1S/C22H17NO6S/c1-13-2-7-16(8-3-13)30(28,29)17-9-5-15(6-10-17)23-20(24)18-11-4-14(22(26)27)12-19(18)21(23)25/h2-12,22,26-27H,1H3. The van der Waals surface area contributed by atoms with Crippen molar-refractivity contribution in [1.29, 1.82) is 0 Å². The third-order valence-electron chi connectivity index (χ3n) is 4.95. The van der Waals surface area contributed by atoms with Crippen molar-refractivity contribution in [2.24, 2.45) is 0 Å². The van der Waals surface area contributed by atoms with Crippen molar-refractivity contribution in [2.75, 3.05) is 4.90 Å². The van der Waals surface area contributed by atoms with Crippen molar-refractivity contribution >= 4 is 27.3 Å². The highest BCUT2D eigenvalue weighted by atomic mass is 32.2. The van der Waals surface area contributed by atoms with Gasteiger partial charge in [0.15, 0.2) is 6.29 Å². The van der Waals surface area contributed by atoms with E-state index < -0.39 is 27.9 Å². The Bertz CT molecular complexity index is 1260. The number of amides is 2. The molecule has 1 heterocycles. The number of anilines is 1. The van der Waals surface area contributed by atoms with E-state index in [-0.39, 0.29) is 32.2 Å². The molecule has 0 fully saturated rings. The van der Waals surface area contributed by atoms with Crippen molar-refractivity contribution in [3.63, 3.8) is 0 Å². The molecule has 1 aliphatic heterocycles. The van der Waals surface area contributed by atoms with Gasteiger partial charge in [-0.05, 0) is 55.5 Å². The summed E-state index contributed by atoms with van der Waals surface area (Å²) < 4.78 is 25.6. The summed E-state index contributed by atoms with van der Waals surface area (Å²) in [6.07, 6.45) is -1.77. The number of sulfone groups is 1. The van der Waals surface area contributed by atoms with E-state index in [9.17, 15) is 28.2 Å². The minimum atomic E-state index is -3.74. The normalized spacial score (nSPS) is 13.8. The number of carbonyl (C=O) groups is 2. The number of imide groups is 1. The van der Waals surface area contributed by atoms with Crippen LogP contribution in [0.1, 0.15) is 38.1 Å². The van der Waals surface area contributed by atoms with Gasteiger partial charge < -0.3 is 10.2 Å². The molecule has 1 aliphatic rings. The maximum Gasteiger partial charge on any atom is 0.266 e. The number of fused-ring (bicyclic) bond motifs is 1. The fourth-order valence-electron chi connectivity index (χ4n) is 3.28. The molecule has 0 aliphatic carbocycles. The molecule has 0 unspecified atom stereocenters. The lowest BCUT2D eigenvalue weighted by Crippen LogP contribution is -2.29. The first-order chi connectivity index (χ1) is 14.2. The largest absolute Gasteiger partial charge is 0.364 e. The van der Waals surface area contributed by atoms with Gasteiger partial charge in [-0.1, -0.05) is 23.8 Å². The van der Waals surface area contributed by atoms with Gasteiger partial charge in [0, 0.05) is 5.56 Å². The van der Waals surface area contributed by atoms with Crippen molar-refractivity contribution in [2.45, 2.75) is 23.0 Å². The Morgan fingerprint density at radius 2 is 1.30 bits per heavy atom. The second-order valence-corrected chi connectivity index (χ2v) is 8.88. The molecule has 0 aromatic heterocycles. The maximum atomic E-state index is 12.8. The average Bonchev–Trinajstić information content (AvgIpc) is 2.98. The van der Waals surface area contributed by atoms with Crippen LogP contribution in [0.4, 0.5) is 5.69 Å². The molecular weight excluding hydrogens is 406 g/mol. The summed E-state index contributed by atoms with van der Waals surface area (Å²) in [5, 5.41) is 18.6. The number of hydrogen-bond donors (Lipinski definition) is 2. The van der Waals surface area contributed by atoms with Crippen LogP contribution in [0, 0.1) is 6.92 Å². The topological polar surface area (TPSA) is 112 Å². The third-order valence-corrected chi connectivity index (χ3v) is 6.73. The highest BCUT2D eigenvalue weighted by Gasteiger charge is 2.37. The summed E-state index contributed by atoms with van der Waals surface area (Å²) in [6.45, 7) is 1.86. The van der Waals surface area contributed by atoms with Crippen LogP contribution in [0.25, 0.3) is 0 Å². The number of benzene rings is 3. The van der Waals surface area contributed by atoms with Crippen LogP contribution in [-0.4, -0.2) is 30.4 Å². The van der Waals surface area contributed by atoms with Gasteiger partial charge in [0.2, 0.25) is 9.84 Å². The summed E-state index contributed by atoms with van der Waals surface area (Å²) in [5.41, 5.74) is 1.45. The summed E-state index contributed by atoms with van der Waals surface area (Å²) in [5.74, 6) is -1.19. The van der Waals surface area contributed by atoms with E-state index in [2.05, 4.69) is 0 Å². The van der Waals surface area contributed by atoms with Crippen molar-refractivity contribution < 1.29 is 28.2 Å². The molecule has 0 saturated heterocycles. The number of nitrogens with zero attached hydrogens (tertiary/aromatic N) is 1. The maximum absolute atomic E-state index is 12.8. The van der Waals surface area contributed by atoms with Crippen LogP contribution in [0.5, 0.6) is 0 Å². The predicted octanol–water partition coefficient (Wildman–Crippen LogP) is 2.61. The lowest BCUT2D eigenvalue weighted by Gasteiger charge is -2.14. The number of carbonyl (C=O) groups excluding carboxylic acids is 2. The monoisotopic (exact) mass is 423 g/mol. The van der Waals surface area contributed by atoms with Gasteiger partial charge in [-0.15, -0.1) is 0 Å². The molecular formula is C22H17NO6S. The number of aryl methyl sites for hydroxylation is 1. The molecule has 0 spiro atoms. The van der Waals surface area contributed by atoms with Crippen LogP contribution >= 0.6 is 0 Å². The van der Waals surface area contributed by atoms with Crippen LogP contribution in [0.2, 0.25) is 0 Å². The van der Waals surface area contributed by atoms with E-state index in [1.54, 1.807) is 12.1 Å². The average molecular weight is 423 g/mol. The van der Waals surface area contributed by atoms with Crippen LogP contribution in [-0.2, 0) is 9.84 Å². The molecule has 152 valence electrons. The molecule has 4 rings (SSSR count). The third kappa shape index (κ3) is 3.21. The van der Waals surface area contributed by atoms with Crippen molar-refractivity contribution in [1.82, 2.24) is 0 Å². The lowest BCUT2D eigenvalue weighted by molar-refractivity contribution is -0.0425. The predicted molar refractivity (Wildman–Crippen MR) is 108 cm³/mol. The van der Waals surface area contributed by atoms with E-state index >= 15 is 0 Å². The van der Waals surface area contributed by atoms with E-state index in [0.717, 1.165) is 10.5 Å². The summed E-state index contributed by atoms with van der Waals surface area (Å²) >= 11 is 0. The van der Waals surface area contributed by atoms with Gasteiger partial charge in [0.05, 0.1) is 26.6 Å². The molecule has 0 bridgehead atoms. The fraction of sp³-hybridized carbons (Fsp3) is 0.0909. The van der Waals surface area contributed by atoms with Gasteiger partial charge >= 0.3 is 0 Å². The Morgan fingerprint density at radius 3 is 1.87 bits per heavy atom. The summed E-state index contributed by atoms with van der Waals surface area (Å²) in [4.78, 5) is 26.5. The number of rotatable bonds is 4. The first-order valence-corrected chi connectivity index (χ1v) is 10.5. The van der Waals surface area contributed by atoms with Gasteiger partial charge in [0.25, 0.3) is 11.8 Å². The van der Waals surface area contributed by atoms with Gasteiger partial charge in [0.1, 0.15) is 0 Å². The van der Waals surface area contributed by atoms with E-state index in [1.165, 1.54) is 54.6 Å². The highest BCUT2D eigenvalue weighted by Crippen LogP contribution is 2.31. The Labute approximate surface area is 172 Å². The summed E-state index contributed by atoms with van der Waals surface area (Å²) in [7, 11) is -3.74. The van der Waals surface area contributed by atoms with Crippen molar-refractivity contribution in [3.8, 4) is 0 Å². The first-order valence-electron chi connectivity index (χ1n) is 9.01. The molecule has 3 aromatic carbocycles. The molecule has 8 heteroatoms. The minimum Gasteiger partial charge on any atom is -0.364 e. The molecule has 3 aromatic rings. The van der Waals surface area contributed by atoms with E-state index in [4.69, 9.17) is 0 Å². The van der Waals surface area contributed by atoms with Crippen molar-refractivity contribution in [3.05, 3.63) is 89.0 Å². The smallest absolute Gasteiger partial charge is 0.266 e. The Balaban J connectivity index is 1.67. The first kappa shape index (κ1) is 20.0. The number of aliphatic hydroxyl groups is 2. The molecule has 2 amide bonds. The van der Waals surface area contributed by atoms with Gasteiger partial charge in [-0.2, -0.15) is 0 Å². The molecule has 0 saturated carbocycles. The zero-order valence-corrected chi connectivity index (χ0v) is 16.6. The Kier molecular flexibility index (Phi) is 4.77. The number of aliphatic hydroxyl groups excluding tert-OH is 1. The molecule has 2 N–H and O–H groups in total. The molecule has 0 atom stereocenters. The second kappa shape index (κ2) is 7.17. The van der Waals surface area contributed by atoms with E-state index in [0.29, 0.717) is 0 Å². The summed E-state index contributed by atoms with van der Waals surface area (Å²) in [6, 6.07) is 15.9. The van der Waals surface area contributed by atoms with Crippen LogP contribution in [0.3, 0.4) is 0 Å². The highest BCUT2D eigenvalue weighted by molar-refractivity contribution is 7.91. The molecule has 0 radical (unpaired) electrons. The van der Waals surface area contributed by atoms with Gasteiger partial charge in [-0.3, -0.25) is 9.59 Å².